The van der Waals surface area contributed by atoms with E-state index in [4.69, 9.17) is 16.3 Å². The number of amides is 1. The Labute approximate surface area is 192 Å². The summed E-state index contributed by atoms with van der Waals surface area (Å²) >= 11 is 6.19. The second kappa shape index (κ2) is 10.4. The van der Waals surface area contributed by atoms with E-state index < -0.39 is 0 Å². The molecule has 0 saturated carbocycles. The van der Waals surface area contributed by atoms with E-state index >= 15 is 0 Å². The Hall–Kier alpha value is -2.89. The van der Waals surface area contributed by atoms with E-state index in [1.807, 2.05) is 36.4 Å². The maximum Gasteiger partial charge on any atom is 0.227 e. The third kappa shape index (κ3) is 5.63. The molecular weight excluding hydrogens is 435 g/mol. The lowest BCUT2D eigenvalue weighted by atomic mass is 10.1. The van der Waals surface area contributed by atoms with Crippen LogP contribution in [-0.2, 0) is 22.6 Å². The van der Waals surface area contributed by atoms with E-state index in [0.717, 1.165) is 11.1 Å². The normalized spacial score (nSPS) is 12.0. The quantitative estimate of drug-likeness (QED) is 0.471. The fourth-order valence-electron chi connectivity index (χ4n) is 3.46. The predicted molar refractivity (Wildman–Crippen MR) is 123 cm³/mol. The van der Waals surface area contributed by atoms with Crippen LogP contribution in [0.4, 0.5) is 5.69 Å². The summed E-state index contributed by atoms with van der Waals surface area (Å²) in [4.78, 5) is 31.1. The second-order valence-corrected chi connectivity index (χ2v) is 7.63. The minimum atomic E-state index is -0.129. The topological polar surface area (TPSA) is 59.5 Å². The molecule has 0 radical (unpaired) electrons. The van der Waals surface area contributed by atoms with Gasteiger partial charge in [-0.1, -0.05) is 29.8 Å². The molecule has 7 heteroatoms. The Bertz CT molecular complexity index is 1070. The lowest BCUT2D eigenvalue weighted by molar-refractivity contribution is -0.124. The van der Waals surface area contributed by atoms with Crippen LogP contribution < -0.4 is 9.64 Å². The Kier molecular flexibility index (Phi) is 7.66. The summed E-state index contributed by atoms with van der Waals surface area (Å²) in [6.45, 7) is 0.369. The number of carbonyl (C=O) groups is 2. The average Bonchev–Trinajstić information content (AvgIpc) is 2.93. The number of hydrogen-bond acceptors (Lipinski definition) is 4. The number of halogens is 2. The summed E-state index contributed by atoms with van der Waals surface area (Å²) in [6.07, 6.45) is 4.84. The molecule has 0 unspecified atom stereocenters. The smallest absolute Gasteiger partial charge is 0.227 e. The summed E-state index contributed by atoms with van der Waals surface area (Å²) in [6, 6.07) is 16.6. The predicted octanol–water partition coefficient (Wildman–Crippen LogP) is 5.78. The van der Waals surface area contributed by atoms with Crippen LogP contribution in [0.15, 0.2) is 67.0 Å². The number of nitrogens with zero attached hydrogens (tertiary/aromatic N) is 2. The first-order valence-electron chi connectivity index (χ1n) is 9.86. The number of Topliss-reactive ketones (excluding diaryl/α,β-unsaturated/α-hetero) is 1. The SMILES string of the molecule is Cl.O=C(CCC(=O)N1Cc2ccccc2Oc2ccc(Cl)cc21)CCc1ccncc1. The van der Waals surface area contributed by atoms with E-state index in [0.29, 0.717) is 41.6 Å². The summed E-state index contributed by atoms with van der Waals surface area (Å²) in [7, 11) is 0. The van der Waals surface area contributed by atoms with Crippen molar-refractivity contribution in [2.24, 2.45) is 0 Å². The lowest BCUT2D eigenvalue weighted by Crippen LogP contribution is -2.30. The number of aromatic nitrogens is 1. The van der Waals surface area contributed by atoms with Gasteiger partial charge >= 0.3 is 0 Å². The van der Waals surface area contributed by atoms with Gasteiger partial charge in [0.2, 0.25) is 5.91 Å². The molecule has 2 heterocycles. The Balaban J connectivity index is 0.00000272. The van der Waals surface area contributed by atoms with Crippen LogP contribution in [-0.4, -0.2) is 16.7 Å². The summed E-state index contributed by atoms with van der Waals surface area (Å²) in [5.41, 5.74) is 2.59. The van der Waals surface area contributed by atoms with Gasteiger partial charge in [0.1, 0.15) is 11.5 Å². The van der Waals surface area contributed by atoms with Crippen molar-refractivity contribution in [3.05, 3.63) is 83.1 Å². The van der Waals surface area contributed by atoms with Crippen molar-refractivity contribution in [3.63, 3.8) is 0 Å². The fourth-order valence-corrected chi connectivity index (χ4v) is 3.62. The maximum atomic E-state index is 13.1. The summed E-state index contributed by atoms with van der Waals surface area (Å²) < 4.78 is 6.03. The number of carbonyl (C=O) groups excluding carboxylic acids is 2. The molecule has 1 aromatic heterocycles. The first-order valence-corrected chi connectivity index (χ1v) is 10.2. The Morgan fingerprint density at radius 1 is 0.968 bits per heavy atom. The monoisotopic (exact) mass is 456 g/mol. The molecule has 0 fully saturated rings. The molecule has 2 aromatic carbocycles. The van der Waals surface area contributed by atoms with Crippen LogP contribution in [0.2, 0.25) is 5.02 Å². The standard InChI is InChI=1S/C24H21ClN2O3.ClH/c25-19-6-9-23-21(15-19)27(16-18-3-1-2-4-22(18)30-23)24(29)10-8-20(28)7-5-17-11-13-26-14-12-17;/h1-4,6,9,11-15H,5,7-8,10,16H2;1H. The number of aryl methyl sites for hydroxylation is 1. The Morgan fingerprint density at radius 2 is 1.74 bits per heavy atom. The van der Waals surface area contributed by atoms with Crippen molar-refractivity contribution >= 4 is 41.4 Å². The molecule has 0 aliphatic carbocycles. The van der Waals surface area contributed by atoms with Crippen molar-refractivity contribution < 1.29 is 14.3 Å². The van der Waals surface area contributed by atoms with E-state index in [1.54, 1.807) is 35.5 Å². The highest BCUT2D eigenvalue weighted by Gasteiger charge is 2.25. The zero-order chi connectivity index (χ0) is 20.9. The van der Waals surface area contributed by atoms with Crippen LogP contribution >= 0.6 is 24.0 Å². The van der Waals surface area contributed by atoms with Gasteiger partial charge in [0, 0.05) is 42.2 Å². The van der Waals surface area contributed by atoms with Crippen molar-refractivity contribution in [2.45, 2.75) is 32.2 Å². The number of hydrogen-bond donors (Lipinski definition) is 0. The number of ether oxygens (including phenoxy) is 1. The summed E-state index contributed by atoms with van der Waals surface area (Å²) in [5, 5.41) is 0.523. The molecular formula is C24H22Cl2N2O3. The molecule has 4 rings (SSSR count). The molecule has 1 amide bonds. The van der Waals surface area contributed by atoms with Gasteiger partial charge in [-0.25, -0.2) is 0 Å². The van der Waals surface area contributed by atoms with E-state index in [1.165, 1.54) is 0 Å². The van der Waals surface area contributed by atoms with Gasteiger partial charge in [0.25, 0.3) is 0 Å². The molecule has 0 atom stereocenters. The number of pyridine rings is 1. The number of ketones is 1. The van der Waals surface area contributed by atoms with Crippen molar-refractivity contribution in [1.82, 2.24) is 4.98 Å². The molecule has 3 aromatic rings. The van der Waals surface area contributed by atoms with E-state index in [-0.39, 0.29) is 36.9 Å². The van der Waals surface area contributed by atoms with E-state index in [9.17, 15) is 9.59 Å². The molecule has 160 valence electrons. The number of anilines is 1. The van der Waals surface area contributed by atoms with Crippen LogP contribution in [0.3, 0.4) is 0 Å². The molecule has 1 aliphatic heterocycles. The van der Waals surface area contributed by atoms with Crippen molar-refractivity contribution in [1.29, 1.82) is 0 Å². The van der Waals surface area contributed by atoms with Crippen LogP contribution in [0.1, 0.15) is 30.4 Å². The highest BCUT2D eigenvalue weighted by Crippen LogP contribution is 2.40. The number of fused-ring (bicyclic) bond motifs is 2. The molecule has 1 aliphatic rings. The third-order valence-corrected chi connectivity index (χ3v) is 5.33. The van der Waals surface area contributed by atoms with Gasteiger partial charge in [-0.05, 0) is 48.4 Å². The number of rotatable bonds is 6. The molecule has 0 bridgehead atoms. The molecule has 5 nitrogen and oxygen atoms in total. The first kappa shape index (κ1) is 22.8. The zero-order valence-electron chi connectivity index (χ0n) is 16.8. The minimum absolute atomic E-state index is 0. The maximum absolute atomic E-state index is 13.1. The zero-order valence-corrected chi connectivity index (χ0v) is 18.4. The minimum Gasteiger partial charge on any atom is -0.455 e. The van der Waals surface area contributed by atoms with Crippen LogP contribution in [0, 0.1) is 0 Å². The average molecular weight is 457 g/mol. The van der Waals surface area contributed by atoms with Gasteiger partial charge < -0.3 is 9.64 Å². The van der Waals surface area contributed by atoms with Gasteiger partial charge in [0.05, 0.1) is 12.2 Å². The summed E-state index contributed by atoms with van der Waals surface area (Å²) in [5.74, 6) is 1.22. The van der Waals surface area contributed by atoms with Gasteiger partial charge in [0.15, 0.2) is 5.75 Å². The Morgan fingerprint density at radius 3 is 2.55 bits per heavy atom. The van der Waals surface area contributed by atoms with Gasteiger partial charge in [-0.2, -0.15) is 0 Å². The van der Waals surface area contributed by atoms with Crippen molar-refractivity contribution in [2.75, 3.05) is 4.90 Å². The van der Waals surface area contributed by atoms with Crippen LogP contribution in [0.5, 0.6) is 11.5 Å². The number of para-hydroxylation sites is 1. The highest BCUT2D eigenvalue weighted by atomic mass is 35.5. The second-order valence-electron chi connectivity index (χ2n) is 7.20. The molecule has 31 heavy (non-hydrogen) atoms. The fraction of sp³-hybridized carbons (Fsp3) is 0.208. The van der Waals surface area contributed by atoms with E-state index in [2.05, 4.69) is 4.98 Å². The largest absolute Gasteiger partial charge is 0.455 e. The van der Waals surface area contributed by atoms with Gasteiger partial charge in [-0.15, -0.1) is 12.4 Å². The number of benzene rings is 2. The third-order valence-electron chi connectivity index (χ3n) is 5.09. The lowest BCUT2D eigenvalue weighted by Gasteiger charge is -2.22. The van der Waals surface area contributed by atoms with Crippen molar-refractivity contribution in [3.8, 4) is 11.5 Å². The molecule has 0 saturated heterocycles. The van der Waals surface area contributed by atoms with Crippen LogP contribution in [0.25, 0.3) is 0 Å². The highest BCUT2D eigenvalue weighted by molar-refractivity contribution is 6.31. The van der Waals surface area contributed by atoms with Gasteiger partial charge in [-0.3, -0.25) is 14.6 Å². The first-order chi connectivity index (χ1) is 14.6. The molecule has 0 spiro atoms. The molecule has 0 N–H and O–H groups in total.